The van der Waals surface area contributed by atoms with E-state index in [1.54, 1.807) is 16.9 Å². The van der Waals surface area contributed by atoms with Crippen LogP contribution in [0.5, 0.6) is 0 Å². The number of carboxylic acids is 1. The molecule has 0 spiro atoms. The van der Waals surface area contributed by atoms with Crippen molar-refractivity contribution in [1.82, 2.24) is 24.8 Å². The van der Waals surface area contributed by atoms with Crippen molar-refractivity contribution < 1.29 is 9.90 Å². The molecule has 0 amide bonds. The highest BCUT2D eigenvalue weighted by Gasteiger charge is 2.23. The molecule has 0 aromatic carbocycles. The summed E-state index contributed by atoms with van der Waals surface area (Å²) in [5.74, 6) is -0.0929. The fraction of sp³-hybridized carbons (Fsp3) is 0.312. The maximum atomic E-state index is 11.2. The smallest absolute Gasteiger partial charge is 0.337 e. The predicted octanol–water partition coefficient (Wildman–Crippen LogP) is 1.40. The molecule has 1 aliphatic rings. The molecule has 3 aromatic rings. The van der Waals surface area contributed by atoms with Crippen molar-refractivity contribution in [1.29, 1.82) is 0 Å². The Bertz CT molecular complexity index is 965. The number of aromatic carboxylic acids is 1. The van der Waals surface area contributed by atoms with Gasteiger partial charge >= 0.3 is 5.97 Å². The standard InChI is InChI=1S/C16H16N6O2/c1-9-10(2)15(20-22-8-18-19-14(9)22)21-4-3-13-12(7-21)5-11(6-17-13)16(23)24/h5-6,8H,3-4,7H2,1-2H3,(H,23,24). The van der Waals surface area contributed by atoms with E-state index in [2.05, 4.69) is 25.2 Å². The van der Waals surface area contributed by atoms with Crippen LogP contribution >= 0.6 is 0 Å². The summed E-state index contributed by atoms with van der Waals surface area (Å²) in [5, 5.41) is 21.8. The Morgan fingerprint density at radius 3 is 2.92 bits per heavy atom. The van der Waals surface area contributed by atoms with E-state index in [-0.39, 0.29) is 5.56 Å². The fourth-order valence-corrected chi connectivity index (χ4v) is 3.09. The minimum absolute atomic E-state index is 0.214. The molecular formula is C16H16N6O2. The monoisotopic (exact) mass is 324 g/mol. The molecule has 0 saturated carbocycles. The molecule has 8 heteroatoms. The average molecular weight is 324 g/mol. The van der Waals surface area contributed by atoms with Crippen molar-refractivity contribution in [3.63, 3.8) is 0 Å². The summed E-state index contributed by atoms with van der Waals surface area (Å²) in [7, 11) is 0. The molecule has 1 N–H and O–H groups in total. The van der Waals surface area contributed by atoms with Gasteiger partial charge in [0.15, 0.2) is 11.5 Å². The molecule has 8 nitrogen and oxygen atoms in total. The average Bonchev–Trinajstić information content (AvgIpc) is 3.05. The zero-order valence-corrected chi connectivity index (χ0v) is 13.4. The largest absolute Gasteiger partial charge is 0.478 e. The van der Waals surface area contributed by atoms with E-state index < -0.39 is 5.97 Å². The van der Waals surface area contributed by atoms with Crippen LogP contribution in [-0.2, 0) is 13.0 Å². The summed E-state index contributed by atoms with van der Waals surface area (Å²) in [4.78, 5) is 17.6. The second-order valence-corrected chi connectivity index (χ2v) is 5.98. The van der Waals surface area contributed by atoms with Crippen molar-refractivity contribution in [2.75, 3.05) is 11.4 Å². The first-order valence-electron chi connectivity index (χ1n) is 7.68. The van der Waals surface area contributed by atoms with Gasteiger partial charge in [0.25, 0.3) is 0 Å². The maximum absolute atomic E-state index is 11.2. The number of carboxylic acid groups (broad SMARTS) is 1. The van der Waals surface area contributed by atoms with Gasteiger partial charge in [0.05, 0.1) is 5.56 Å². The molecule has 1 aliphatic heterocycles. The Morgan fingerprint density at radius 1 is 1.29 bits per heavy atom. The SMILES string of the molecule is Cc1c(N2CCc3ncc(C(=O)O)cc3C2)nn2cnnc2c1C. The topological polar surface area (TPSA) is 96.5 Å². The zero-order chi connectivity index (χ0) is 16.8. The van der Waals surface area contributed by atoms with Gasteiger partial charge < -0.3 is 10.0 Å². The van der Waals surface area contributed by atoms with Gasteiger partial charge in [-0.1, -0.05) is 0 Å². The maximum Gasteiger partial charge on any atom is 0.337 e. The van der Waals surface area contributed by atoms with Gasteiger partial charge in [0.2, 0.25) is 0 Å². The molecule has 3 aromatic heterocycles. The number of hydrogen-bond donors (Lipinski definition) is 1. The summed E-state index contributed by atoms with van der Waals surface area (Å²) < 4.78 is 1.68. The first kappa shape index (κ1) is 14.6. The van der Waals surface area contributed by atoms with Gasteiger partial charge in [-0.2, -0.15) is 4.52 Å². The second-order valence-electron chi connectivity index (χ2n) is 5.98. The number of aromatic nitrogens is 5. The molecule has 0 fully saturated rings. The number of fused-ring (bicyclic) bond motifs is 2. The second kappa shape index (κ2) is 5.26. The predicted molar refractivity (Wildman–Crippen MR) is 86.2 cm³/mol. The van der Waals surface area contributed by atoms with Crippen LogP contribution in [0.25, 0.3) is 5.65 Å². The van der Waals surface area contributed by atoms with Crippen LogP contribution in [0.4, 0.5) is 5.82 Å². The summed E-state index contributed by atoms with van der Waals surface area (Å²) in [6.45, 7) is 5.40. The van der Waals surface area contributed by atoms with Gasteiger partial charge in [-0.15, -0.1) is 15.3 Å². The molecule has 0 bridgehead atoms. The fourth-order valence-electron chi connectivity index (χ4n) is 3.09. The summed E-state index contributed by atoms with van der Waals surface area (Å²) >= 11 is 0. The normalized spacial score (nSPS) is 14.0. The van der Waals surface area contributed by atoms with Crippen LogP contribution in [0.3, 0.4) is 0 Å². The van der Waals surface area contributed by atoms with Gasteiger partial charge in [0, 0.05) is 42.5 Å². The number of nitrogens with zero attached hydrogens (tertiary/aromatic N) is 6. The minimum Gasteiger partial charge on any atom is -0.478 e. The number of pyridine rings is 1. The zero-order valence-electron chi connectivity index (χ0n) is 13.4. The van der Waals surface area contributed by atoms with Crippen molar-refractivity contribution >= 4 is 17.4 Å². The van der Waals surface area contributed by atoms with E-state index in [1.165, 1.54) is 6.20 Å². The van der Waals surface area contributed by atoms with E-state index in [4.69, 9.17) is 5.11 Å². The van der Waals surface area contributed by atoms with Crippen molar-refractivity contribution in [2.24, 2.45) is 0 Å². The van der Waals surface area contributed by atoms with Gasteiger partial charge in [-0.3, -0.25) is 4.98 Å². The summed E-state index contributed by atoms with van der Waals surface area (Å²) in [5.41, 5.74) is 4.95. The molecule has 122 valence electrons. The van der Waals surface area contributed by atoms with Gasteiger partial charge in [-0.25, -0.2) is 4.79 Å². The first-order chi connectivity index (χ1) is 11.5. The number of carbonyl (C=O) groups is 1. The van der Waals surface area contributed by atoms with Crippen LogP contribution in [0.15, 0.2) is 18.6 Å². The van der Waals surface area contributed by atoms with Crippen LogP contribution < -0.4 is 4.90 Å². The molecule has 24 heavy (non-hydrogen) atoms. The van der Waals surface area contributed by atoms with Crippen LogP contribution in [0, 0.1) is 13.8 Å². The lowest BCUT2D eigenvalue weighted by Crippen LogP contribution is -2.33. The first-order valence-corrected chi connectivity index (χ1v) is 7.68. The van der Waals surface area contributed by atoms with Crippen molar-refractivity contribution in [3.8, 4) is 0 Å². The Morgan fingerprint density at radius 2 is 2.12 bits per heavy atom. The van der Waals surface area contributed by atoms with E-state index in [0.29, 0.717) is 6.54 Å². The highest BCUT2D eigenvalue weighted by molar-refractivity contribution is 5.87. The van der Waals surface area contributed by atoms with Crippen LogP contribution in [0.1, 0.15) is 32.7 Å². The minimum atomic E-state index is -0.960. The van der Waals surface area contributed by atoms with Crippen molar-refractivity contribution in [2.45, 2.75) is 26.8 Å². The summed E-state index contributed by atoms with van der Waals surface area (Å²) in [6, 6.07) is 1.70. The lowest BCUT2D eigenvalue weighted by atomic mass is 10.0. The van der Waals surface area contributed by atoms with E-state index >= 15 is 0 Å². The van der Waals surface area contributed by atoms with E-state index in [0.717, 1.165) is 46.8 Å². The molecule has 0 saturated heterocycles. The number of anilines is 1. The molecule has 0 atom stereocenters. The Kier molecular flexibility index (Phi) is 3.19. The van der Waals surface area contributed by atoms with Crippen molar-refractivity contribution in [3.05, 3.63) is 46.5 Å². The van der Waals surface area contributed by atoms with E-state index in [1.807, 2.05) is 13.8 Å². The number of hydrogen-bond acceptors (Lipinski definition) is 6. The molecular weight excluding hydrogens is 308 g/mol. The Balaban J connectivity index is 1.75. The highest BCUT2D eigenvalue weighted by atomic mass is 16.4. The molecule has 4 heterocycles. The molecule has 0 unspecified atom stereocenters. The Hall–Kier alpha value is -3.03. The lowest BCUT2D eigenvalue weighted by molar-refractivity contribution is 0.0696. The third-order valence-corrected chi connectivity index (χ3v) is 4.55. The van der Waals surface area contributed by atoms with Gasteiger partial charge in [-0.05, 0) is 25.5 Å². The molecule has 4 rings (SSSR count). The molecule has 0 radical (unpaired) electrons. The van der Waals surface area contributed by atoms with E-state index in [9.17, 15) is 4.79 Å². The lowest BCUT2D eigenvalue weighted by Gasteiger charge is -2.30. The number of aryl methyl sites for hydroxylation is 1. The Labute approximate surface area is 137 Å². The van der Waals surface area contributed by atoms with Crippen LogP contribution in [0.2, 0.25) is 0 Å². The third kappa shape index (κ3) is 2.18. The quantitative estimate of drug-likeness (QED) is 0.761. The van der Waals surface area contributed by atoms with Crippen LogP contribution in [-0.4, -0.2) is 42.4 Å². The number of rotatable bonds is 2. The summed E-state index contributed by atoms with van der Waals surface area (Å²) in [6.07, 6.45) is 3.77. The third-order valence-electron chi connectivity index (χ3n) is 4.55. The highest BCUT2D eigenvalue weighted by Crippen LogP contribution is 2.27. The molecule has 0 aliphatic carbocycles. The van der Waals surface area contributed by atoms with Gasteiger partial charge in [0.1, 0.15) is 6.33 Å².